The van der Waals surface area contributed by atoms with Gasteiger partial charge in [0.1, 0.15) is 5.82 Å². The number of nitrogens with one attached hydrogen (secondary N) is 2. The summed E-state index contributed by atoms with van der Waals surface area (Å²) in [6, 6.07) is 15.4. The Morgan fingerprint density at radius 1 is 1.07 bits per heavy atom. The Balaban J connectivity index is 0.00000261. The van der Waals surface area contributed by atoms with Crippen molar-refractivity contribution >= 4 is 35.6 Å². The van der Waals surface area contributed by atoms with Crippen LogP contribution in [0.4, 0.5) is 10.1 Å². The average molecular weight is 480 g/mol. The Morgan fingerprint density at radius 3 is 2.59 bits per heavy atom. The number of anilines is 1. The molecule has 27 heavy (non-hydrogen) atoms. The third-order valence-electron chi connectivity index (χ3n) is 4.42. The molecule has 0 saturated heterocycles. The van der Waals surface area contributed by atoms with Gasteiger partial charge in [-0.25, -0.2) is 4.39 Å². The Labute approximate surface area is 177 Å². The minimum atomic E-state index is -0.162. The van der Waals surface area contributed by atoms with Gasteiger partial charge in [-0.1, -0.05) is 42.5 Å². The summed E-state index contributed by atoms with van der Waals surface area (Å²) < 4.78 is 13.6. The van der Waals surface area contributed by atoms with Crippen molar-refractivity contribution in [2.24, 2.45) is 4.99 Å². The lowest BCUT2D eigenvalue weighted by molar-refractivity contribution is 0.606. The zero-order valence-electron chi connectivity index (χ0n) is 15.5. The summed E-state index contributed by atoms with van der Waals surface area (Å²) in [5.41, 5.74) is 3.14. The van der Waals surface area contributed by atoms with Crippen LogP contribution in [-0.2, 0) is 13.0 Å². The van der Waals surface area contributed by atoms with Crippen LogP contribution in [0.25, 0.3) is 0 Å². The molecule has 2 N–H and O–H groups in total. The Bertz CT molecular complexity index is 783. The van der Waals surface area contributed by atoms with Crippen molar-refractivity contribution in [1.29, 1.82) is 0 Å². The fraction of sp³-hybridized carbons (Fsp3) is 0.286. The largest absolute Gasteiger partial charge is 0.364 e. The van der Waals surface area contributed by atoms with Crippen LogP contribution in [0.2, 0.25) is 0 Å². The molecule has 1 aliphatic rings. The zero-order chi connectivity index (χ0) is 18.2. The van der Waals surface area contributed by atoms with E-state index in [1.165, 1.54) is 17.3 Å². The van der Waals surface area contributed by atoms with Crippen LogP contribution in [0.3, 0.4) is 0 Å². The number of rotatable bonds is 6. The summed E-state index contributed by atoms with van der Waals surface area (Å²) in [6.45, 7) is 3.25. The third-order valence-corrected chi connectivity index (χ3v) is 4.42. The first-order chi connectivity index (χ1) is 12.8. The summed E-state index contributed by atoms with van der Waals surface area (Å²) in [6.07, 6.45) is 4.99. The van der Waals surface area contributed by atoms with Gasteiger partial charge in [-0.15, -0.1) is 24.0 Å². The van der Waals surface area contributed by atoms with Crippen LogP contribution in [0.15, 0.2) is 65.7 Å². The summed E-state index contributed by atoms with van der Waals surface area (Å²) in [5, 5.41) is 6.55. The van der Waals surface area contributed by atoms with Crippen LogP contribution in [0.1, 0.15) is 11.1 Å². The minimum Gasteiger partial charge on any atom is -0.364 e. The third kappa shape index (κ3) is 6.23. The molecule has 1 heterocycles. The van der Waals surface area contributed by atoms with Crippen LogP contribution in [0.5, 0.6) is 0 Å². The maximum atomic E-state index is 13.6. The molecule has 0 amide bonds. The summed E-state index contributed by atoms with van der Waals surface area (Å²) >= 11 is 0. The van der Waals surface area contributed by atoms with Crippen molar-refractivity contribution in [3.8, 4) is 0 Å². The van der Waals surface area contributed by atoms with Crippen molar-refractivity contribution in [2.75, 3.05) is 31.6 Å². The lowest BCUT2D eigenvalue weighted by Gasteiger charge is -2.19. The number of aliphatic imine (C=N–C) groups is 1. The Hall–Kier alpha value is -2.09. The number of nitrogens with zero attached hydrogens (tertiary/aromatic N) is 2. The van der Waals surface area contributed by atoms with Crippen LogP contribution < -0.4 is 15.5 Å². The second-order valence-electron chi connectivity index (χ2n) is 6.24. The summed E-state index contributed by atoms with van der Waals surface area (Å²) in [4.78, 5) is 6.56. The fourth-order valence-electron chi connectivity index (χ4n) is 2.98. The molecule has 1 aliphatic heterocycles. The highest BCUT2D eigenvalue weighted by atomic mass is 127. The molecule has 0 spiro atoms. The van der Waals surface area contributed by atoms with E-state index < -0.39 is 0 Å². The SMILES string of the molecule is CN=C(NCCc1ccccc1F)NCc1cccc(N2CC=CC2)c1.I. The highest BCUT2D eigenvalue weighted by Crippen LogP contribution is 2.18. The molecule has 0 aliphatic carbocycles. The minimum absolute atomic E-state index is 0. The maximum Gasteiger partial charge on any atom is 0.191 e. The number of halogens is 2. The topological polar surface area (TPSA) is 39.7 Å². The predicted molar refractivity (Wildman–Crippen MR) is 122 cm³/mol. The molecule has 0 bridgehead atoms. The van der Waals surface area contributed by atoms with Crippen LogP contribution in [-0.4, -0.2) is 32.6 Å². The highest BCUT2D eigenvalue weighted by Gasteiger charge is 2.08. The number of benzene rings is 2. The Kier molecular flexibility index (Phi) is 8.57. The molecule has 6 heteroatoms. The van der Waals surface area contributed by atoms with Crippen molar-refractivity contribution in [3.63, 3.8) is 0 Å². The summed E-state index contributed by atoms with van der Waals surface area (Å²) in [5.74, 6) is 0.556. The molecule has 2 aromatic carbocycles. The number of guanidine groups is 1. The van der Waals surface area contributed by atoms with E-state index in [0.717, 1.165) is 19.0 Å². The first kappa shape index (κ1) is 21.2. The van der Waals surface area contributed by atoms with Gasteiger partial charge in [0.15, 0.2) is 5.96 Å². The molecule has 2 aromatic rings. The van der Waals surface area contributed by atoms with Crippen LogP contribution in [0, 0.1) is 5.82 Å². The smallest absolute Gasteiger partial charge is 0.191 e. The van der Waals surface area contributed by atoms with Gasteiger partial charge in [-0.2, -0.15) is 0 Å². The molecule has 3 rings (SSSR count). The Morgan fingerprint density at radius 2 is 1.85 bits per heavy atom. The van der Waals surface area contributed by atoms with E-state index in [4.69, 9.17) is 0 Å². The van der Waals surface area contributed by atoms with Gasteiger partial charge >= 0.3 is 0 Å². The molecule has 0 aromatic heterocycles. The molecule has 0 radical (unpaired) electrons. The zero-order valence-corrected chi connectivity index (χ0v) is 17.8. The first-order valence-electron chi connectivity index (χ1n) is 8.93. The number of hydrogen-bond acceptors (Lipinski definition) is 2. The second kappa shape index (κ2) is 10.9. The van der Waals surface area contributed by atoms with Gasteiger partial charge in [0.25, 0.3) is 0 Å². The van der Waals surface area contributed by atoms with Gasteiger partial charge < -0.3 is 15.5 Å². The number of hydrogen-bond donors (Lipinski definition) is 2. The molecular formula is C21H26FIN4. The highest BCUT2D eigenvalue weighted by molar-refractivity contribution is 14.0. The molecule has 4 nitrogen and oxygen atoms in total. The quantitative estimate of drug-likeness (QED) is 0.287. The van der Waals surface area contributed by atoms with Gasteiger partial charge in [0.05, 0.1) is 0 Å². The van der Waals surface area contributed by atoms with E-state index in [-0.39, 0.29) is 29.8 Å². The molecule has 0 atom stereocenters. The molecule has 144 valence electrons. The standard InChI is InChI=1S/C21H25FN4.HI/c1-23-21(24-12-11-18-8-2-3-10-20(18)22)25-16-17-7-6-9-19(15-17)26-13-4-5-14-26;/h2-10,15H,11-14,16H2,1H3,(H2,23,24,25);1H. The molecule has 0 fully saturated rings. The van der Waals surface area contributed by atoms with E-state index in [1.807, 2.05) is 12.1 Å². The van der Waals surface area contributed by atoms with Gasteiger partial charge in [-0.3, -0.25) is 4.99 Å². The molecule has 0 unspecified atom stereocenters. The van der Waals surface area contributed by atoms with E-state index in [2.05, 4.69) is 56.9 Å². The monoisotopic (exact) mass is 480 g/mol. The van der Waals surface area contributed by atoms with E-state index in [0.29, 0.717) is 25.1 Å². The normalized spacial score (nSPS) is 13.4. The van der Waals surface area contributed by atoms with Gasteiger partial charge in [0.2, 0.25) is 0 Å². The van der Waals surface area contributed by atoms with Gasteiger partial charge in [-0.05, 0) is 35.7 Å². The first-order valence-corrected chi connectivity index (χ1v) is 8.93. The molecule has 0 saturated carbocycles. The lowest BCUT2D eigenvalue weighted by Crippen LogP contribution is -2.38. The average Bonchev–Trinajstić information content (AvgIpc) is 3.21. The second-order valence-corrected chi connectivity index (χ2v) is 6.24. The van der Waals surface area contributed by atoms with Crippen LogP contribution >= 0.6 is 24.0 Å². The maximum absolute atomic E-state index is 13.6. The van der Waals surface area contributed by atoms with Crippen molar-refractivity contribution in [1.82, 2.24) is 10.6 Å². The van der Waals surface area contributed by atoms with E-state index >= 15 is 0 Å². The fourth-order valence-corrected chi connectivity index (χ4v) is 2.98. The van der Waals surface area contributed by atoms with Gasteiger partial charge in [0, 0.05) is 38.9 Å². The van der Waals surface area contributed by atoms with Crippen molar-refractivity contribution in [3.05, 3.63) is 77.6 Å². The lowest BCUT2D eigenvalue weighted by atomic mass is 10.1. The van der Waals surface area contributed by atoms with E-state index in [9.17, 15) is 4.39 Å². The predicted octanol–water partition coefficient (Wildman–Crippen LogP) is 3.73. The van der Waals surface area contributed by atoms with Crippen molar-refractivity contribution < 1.29 is 4.39 Å². The van der Waals surface area contributed by atoms with E-state index in [1.54, 1.807) is 13.1 Å². The molecular weight excluding hydrogens is 454 g/mol. The van der Waals surface area contributed by atoms with Crippen molar-refractivity contribution in [2.45, 2.75) is 13.0 Å². The summed E-state index contributed by atoms with van der Waals surface area (Å²) in [7, 11) is 1.74.